The molecule has 18 heavy (non-hydrogen) atoms. The molecule has 1 heterocycles. The zero-order valence-corrected chi connectivity index (χ0v) is 11.9. The molecule has 102 valence electrons. The van der Waals surface area contributed by atoms with Crippen LogP contribution in [0.5, 0.6) is 0 Å². The minimum Gasteiger partial charge on any atom is -0.392 e. The Kier molecular flexibility index (Phi) is 4.98. The lowest BCUT2D eigenvalue weighted by atomic mass is 9.86. The fourth-order valence-electron chi connectivity index (χ4n) is 3.31. The van der Waals surface area contributed by atoms with E-state index in [1.165, 1.54) is 32.1 Å². The average molecular weight is 268 g/mol. The van der Waals surface area contributed by atoms with Crippen molar-refractivity contribution in [2.45, 2.75) is 63.8 Å². The number of carbonyl (C=O) groups excluding carboxylic acids is 1. The van der Waals surface area contributed by atoms with Gasteiger partial charge in [-0.2, -0.15) is 0 Å². The van der Waals surface area contributed by atoms with Crippen molar-refractivity contribution < 1.29 is 4.79 Å². The molecular weight excluding hydrogens is 244 g/mol. The van der Waals surface area contributed by atoms with Gasteiger partial charge in [0.05, 0.1) is 11.0 Å². The van der Waals surface area contributed by atoms with Crippen LogP contribution in [0.3, 0.4) is 0 Å². The van der Waals surface area contributed by atoms with Crippen molar-refractivity contribution in [1.82, 2.24) is 4.90 Å². The molecule has 1 saturated carbocycles. The number of rotatable bonds is 4. The van der Waals surface area contributed by atoms with Gasteiger partial charge < -0.3 is 10.6 Å². The Morgan fingerprint density at radius 3 is 2.56 bits per heavy atom. The third kappa shape index (κ3) is 3.44. The van der Waals surface area contributed by atoms with E-state index < -0.39 is 0 Å². The van der Waals surface area contributed by atoms with Gasteiger partial charge in [0, 0.05) is 13.0 Å². The molecule has 1 unspecified atom stereocenters. The molecule has 0 aromatic heterocycles. The molecule has 0 spiro atoms. The Morgan fingerprint density at radius 1 is 1.17 bits per heavy atom. The van der Waals surface area contributed by atoms with E-state index in [4.69, 9.17) is 18.0 Å². The topological polar surface area (TPSA) is 46.3 Å². The molecule has 1 aliphatic carbocycles. The van der Waals surface area contributed by atoms with E-state index >= 15 is 0 Å². The van der Waals surface area contributed by atoms with Crippen LogP contribution >= 0.6 is 12.2 Å². The summed E-state index contributed by atoms with van der Waals surface area (Å²) in [6.45, 7) is 0.839. The largest absolute Gasteiger partial charge is 0.392 e. The molecule has 2 aliphatic rings. The summed E-state index contributed by atoms with van der Waals surface area (Å²) in [5.41, 5.74) is 5.70. The summed E-state index contributed by atoms with van der Waals surface area (Å²) in [6.07, 6.45) is 10.4. The van der Waals surface area contributed by atoms with E-state index in [1.807, 2.05) is 4.90 Å². The lowest BCUT2D eigenvalue weighted by molar-refractivity contribution is -0.131. The first-order chi connectivity index (χ1) is 8.68. The van der Waals surface area contributed by atoms with Crippen LogP contribution in [-0.4, -0.2) is 28.4 Å². The molecule has 1 aliphatic heterocycles. The third-order valence-electron chi connectivity index (χ3n) is 4.39. The first-order valence-electron chi connectivity index (χ1n) is 7.27. The molecule has 2 rings (SSSR count). The highest BCUT2D eigenvalue weighted by Gasteiger charge is 2.30. The Hall–Kier alpha value is -0.640. The monoisotopic (exact) mass is 268 g/mol. The summed E-state index contributed by atoms with van der Waals surface area (Å²) in [5.74, 6) is 1.03. The normalized spacial score (nSPS) is 25.3. The van der Waals surface area contributed by atoms with Crippen LogP contribution in [0.25, 0.3) is 0 Å². The Bertz CT molecular complexity index is 313. The van der Waals surface area contributed by atoms with Gasteiger partial charge in [-0.1, -0.05) is 44.3 Å². The van der Waals surface area contributed by atoms with Gasteiger partial charge in [0.15, 0.2) is 0 Å². The lowest BCUT2D eigenvalue weighted by Crippen LogP contribution is -2.42. The van der Waals surface area contributed by atoms with Gasteiger partial charge in [0.25, 0.3) is 0 Å². The van der Waals surface area contributed by atoms with Gasteiger partial charge in [0.2, 0.25) is 5.91 Å². The van der Waals surface area contributed by atoms with Crippen LogP contribution in [0, 0.1) is 5.92 Å². The highest BCUT2D eigenvalue weighted by Crippen LogP contribution is 2.28. The van der Waals surface area contributed by atoms with Crippen molar-refractivity contribution in [2.75, 3.05) is 6.54 Å². The van der Waals surface area contributed by atoms with Crippen molar-refractivity contribution in [2.24, 2.45) is 11.7 Å². The zero-order chi connectivity index (χ0) is 13.0. The molecule has 1 saturated heterocycles. The van der Waals surface area contributed by atoms with Gasteiger partial charge in [-0.15, -0.1) is 0 Å². The predicted molar refractivity (Wildman–Crippen MR) is 77.3 cm³/mol. The SMILES string of the molecule is NC(=S)C1CCCN1C(=O)CCC1CCCCC1. The van der Waals surface area contributed by atoms with Crippen LogP contribution in [0.1, 0.15) is 57.8 Å². The fourth-order valence-corrected chi connectivity index (χ4v) is 3.55. The van der Waals surface area contributed by atoms with E-state index in [9.17, 15) is 4.79 Å². The third-order valence-corrected chi connectivity index (χ3v) is 4.66. The summed E-state index contributed by atoms with van der Waals surface area (Å²) in [5, 5.41) is 0. The number of hydrogen-bond donors (Lipinski definition) is 1. The minimum atomic E-state index is 0.0267. The number of carbonyl (C=O) groups is 1. The van der Waals surface area contributed by atoms with E-state index in [1.54, 1.807) is 0 Å². The van der Waals surface area contributed by atoms with Crippen molar-refractivity contribution in [3.8, 4) is 0 Å². The number of thiocarbonyl (C=S) groups is 1. The highest BCUT2D eigenvalue weighted by atomic mass is 32.1. The molecule has 3 nitrogen and oxygen atoms in total. The smallest absolute Gasteiger partial charge is 0.223 e. The standard InChI is InChI=1S/C14H24N2OS/c15-14(18)12-7-4-10-16(12)13(17)9-8-11-5-2-1-3-6-11/h11-12H,1-10H2,(H2,15,18). The van der Waals surface area contributed by atoms with Gasteiger partial charge in [0.1, 0.15) is 0 Å². The van der Waals surface area contributed by atoms with Crippen LogP contribution in [0.2, 0.25) is 0 Å². The van der Waals surface area contributed by atoms with Crippen molar-refractivity contribution >= 4 is 23.1 Å². The van der Waals surface area contributed by atoms with Gasteiger partial charge in [-0.25, -0.2) is 0 Å². The van der Waals surface area contributed by atoms with Crippen LogP contribution in [-0.2, 0) is 4.79 Å². The molecule has 0 aromatic carbocycles. The molecule has 1 amide bonds. The van der Waals surface area contributed by atoms with Crippen molar-refractivity contribution in [1.29, 1.82) is 0 Å². The quantitative estimate of drug-likeness (QED) is 0.797. The van der Waals surface area contributed by atoms with Crippen molar-refractivity contribution in [3.05, 3.63) is 0 Å². The second-order valence-corrected chi connectivity index (χ2v) is 6.16. The minimum absolute atomic E-state index is 0.0267. The maximum atomic E-state index is 12.2. The van der Waals surface area contributed by atoms with E-state index in [-0.39, 0.29) is 11.9 Å². The second kappa shape index (κ2) is 6.50. The van der Waals surface area contributed by atoms with Gasteiger partial charge in [-0.3, -0.25) is 4.79 Å². The summed E-state index contributed by atoms with van der Waals surface area (Å²) >= 11 is 5.04. The first-order valence-corrected chi connectivity index (χ1v) is 7.68. The number of nitrogens with two attached hydrogens (primary N) is 1. The predicted octanol–water partition coefficient (Wildman–Crippen LogP) is 2.62. The highest BCUT2D eigenvalue weighted by molar-refractivity contribution is 7.80. The zero-order valence-electron chi connectivity index (χ0n) is 11.1. The summed E-state index contributed by atoms with van der Waals surface area (Å²) in [4.78, 5) is 14.6. The molecule has 4 heteroatoms. The molecule has 0 radical (unpaired) electrons. The van der Waals surface area contributed by atoms with Crippen LogP contribution < -0.4 is 5.73 Å². The molecular formula is C14H24N2OS. The number of nitrogens with zero attached hydrogens (tertiary/aromatic N) is 1. The number of hydrogen-bond acceptors (Lipinski definition) is 2. The molecule has 1 atom stereocenters. The number of amides is 1. The Labute approximate surface area is 115 Å². The molecule has 0 bridgehead atoms. The van der Waals surface area contributed by atoms with Crippen LogP contribution in [0.4, 0.5) is 0 Å². The summed E-state index contributed by atoms with van der Waals surface area (Å²) < 4.78 is 0. The maximum absolute atomic E-state index is 12.2. The number of likely N-dealkylation sites (tertiary alicyclic amines) is 1. The summed E-state index contributed by atoms with van der Waals surface area (Å²) in [7, 11) is 0. The van der Waals surface area contributed by atoms with E-state index in [0.29, 0.717) is 11.4 Å². The van der Waals surface area contributed by atoms with Gasteiger partial charge >= 0.3 is 0 Å². The lowest BCUT2D eigenvalue weighted by Gasteiger charge is -2.26. The van der Waals surface area contributed by atoms with Gasteiger partial charge in [-0.05, 0) is 25.2 Å². The Balaban J connectivity index is 1.78. The maximum Gasteiger partial charge on any atom is 0.223 e. The Morgan fingerprint density at radius 2 is 1.89 bits per heavy atom. The molecule has 2 N–H and O–H groups in total. The summed E-state index contributed by atoms with van der Waals surface area (Å²) in [6, 6.07) is 0.0267. The van der Waals surface area contributed by atoms with E-state index in [2.05, 4.69) is 0 Å². The fraction of sp³-hybridized carbons (Fsp3) is 0.857. The first kappa shape index (κ1) is 13.8. The van der Waals surface area contributed by atoms with E-state index in [0.717, 1.165) is 31.7 Å². The van der Waals surface area contributed by atoms with Crippen molar-refractivity contribution in [3.63, 3.8) is 0 Å². The average Bonchev–Trinajstić information content (AvgIpc) is 2.86. The second-order valence-electron chi connectivity index (χ2n) is 5.69. The molecule has 0 aromatic rings. The molecule has 2 fully saturated rings. The van der Waals surface area contributed by atoms with Crippen LogP contribution in [0.15, 0.2) is 0 Å².